The van der Waals surface area contributed by atoms with Gasteiger partial charge in [0.15, 0.2) is 6.10 Å². The highest BCUT2D eigenvalue weighted by Crippen LogP contribution is 2.21. The van der Waals surface area contributed by atoms with Crippen LogP contribution in [0.25, 0.3) is 0 Å². The quantitative estimate of drug-likeness (QED) is 0.630. The number of hydrogen-bond acceptors (Lipinski definition) is 4. The van der Waals surface area contributed by atoms with Gasteiger partial charge in [0, 0.05) is 11.1 Å². The van der Waals surface area contributed by atoms with Crippen LogP contribution in [0.3, 0.4) is 0 Å². The predicted octanol–water partition coefficient (Wildman–Crippen LogP) is 1.44. The van der Waals surface area contributed by atoms with Crippen molar-refractivity contribution in [3.8, 4) is 0 Å². The Hall–Kier alpha value is -2.43. The average molecular weight is 246 g/mol. The minimum absolute atomic E-state index is 0.0412. The fourth-order valence-corrected chi connectivity index (χ4v) is 1.67. The van der Waals surface area contributed by atoms with Gasteiger partial charge in [0.05, 0.1) is 5.56 Å². The number of ether oxygens (including phenoxy) is 1. The Morgan fingerprint density at radius 2 is 1.89 bits per heavy atom. The van der Waals surface area contributed by atoms with Crippen LogP contribution in [0.1, 0.15) is 27.6 Å². The maximum absolute atomic E-state index is 12.0. The molecular formula is C13H10O5. The van der Waals surface area contributed by atoms with Crippen LogP contribution in [-0.2, 0) is 9.53 Å². The molecule has 1 unspecified atom stereocenters. The van der Waals surface area contributed by atoms with Crippen molar-refractivity contribution in [3.63, 3.8) is 0 Å². The standard InChI is InChI=1S/C13H10O5/c1-7(12(15)16)6-10-11(14)8-4-2-3-5-9(8)13(17)18-10/h2-6,10H,1H3,(H,15,16). The smallest absolute Gasteiger partial charge is 0.339 e. The van der Waals surface area contributed by atoms with Crippen molar-refractivity contribution in [2.24, 2.45) is 0 Å². The van der Waals surface area contributed by atoms with Crippen LogP contribution in [0.5, 0.6) is 0 Å². The fourth-order valence-electron chi connectivity index (χ4n) is 1.67. The van der Waals surface area contributed by atoms with Gasteiger partial charge < -0.3 is 9.84 Å². The first-order chi connectivity index (χ1) is 8.50. The van der Waals surface area contributed by atoms with Gasteiger partial charge in [-0.2, -0.15) is 0 Å². The molecule has 1 aliphatic heterocycles. The summed E-state index contributed by atoms with van der Waals surface area (Å²) >= 11 is 0. The van der Waals surface area contributed by atoms with Gasteiger partial charge in [-0.1, -0.05) is 18.2 Å². The van der Waals surface area contributed by atoms with Gasteiger partial charge in [0.1, 0.15) is 0 Å². The molecule has 0 radical (unpaired) electrons. The van der Waals surface area contributed by atoms with Crippen molar-refractivity contribution in [2.45, 2.75) is 13.0 Å². The molecule has 0 aromatic heterocycles. The molecule has 5 heteroatoms. The highest BCUT2D eigenvalue weighted by atomic mass is 16.5. The fraction of sp³-hybridized carbons (Fsp3) is 0.154. The maximum atomic E-state index is 12.0. The van der Waals surface area contributed by atoms with E-state index in [1.165, 1.54) is 19.1 Å². The lowest BCUT2D eigenvalue weighted by Crippen LogP contribution is -2.33. The van der Waals surface area contributed by atoms with Gasteiger partial charge in [-0.15, -0.1) is 0 Å². The Labute approximate surface area is 103 Å². The maximum Gasteiger partial charge on any atom is 0.339 e. The molecule has 0 amide bonds. The van der Waals surface area contributed by atoms with Gasteiger partial charge in [0.25, 0.3) is 0 Å². The molecule has 5 nitrogen and oxygen atoms in total. The number of carbonyl (C=O) groups is 3. The number of esters is 1. The summed E-state index contributed by atoms with van der Waals surface area (Å²) in [6, 6.07) is 6.29. The predicted molar refractivity (Wildman–Crippen MR) is 61.4 cm³/mol. The van der Waals surface area contributed by atoms with E-state index >= 15 is 0 Å². The van der Waals surface area contributed by atoms with Crippen molar-refractivity contribution in [2.75, 3.05) is 0 Å². The number of aliphatic carboxylic acids is 1. The van der Waals surface area contributed by atoms with Gasteiger partial charge in [-0.3, -0.25) is 4.79 Å². The highest BCUT2D eigenvalue weighted by Gasteiger charge is 2.32. The van der Waals surface area contributed by atoms with Gasteiger partial charge in [-0.05, 0) is 19.1 Å². The number of carbonyl (C=O) groups excluding carboxylic acids is 2. The largest absolute Gasteiger partial charge is 0.478 e. The lowest BCUT2D eigenvalue weighted by atomic mass is 9.96. The van der Waals surface area contributed by atoms with Crippen LogP contribution in [0.2, 0.25) is 0 Å². The van der Waals surface area contributed by atoms with E-state index in [0.29, 0.717) is 0 Å². The van der Waals surface area contributed by atoms with Gasteiger partial charge in [0.2, 0.25) is 5.78 Å². The van der Waals surface area contributed by atoms with E-state index < -0.39 is 23.8 Å². The van der Waals surface area contributed by atoms with Crippen molar-refractivity contribution >= 4 is 17.7 Å². The number of carboxylic acid groups (broad SMARTS) is 1. The number of hydrogen-bond donors (Lipinski definition) is 1. The second kappa shape index (κ2) is 4.44. The van der Waals surface area contributed by atoms with Gasteiger partial charge in [-0.25, -0.2) is 9.59 Å². The Morgan fingerprint density at radius 1 is 1.28 bits per heavy atom. The molecule has 0 spiro atoms. The Morgan fingerprint density at radius 3 is 2.50 bits per heavy atom. The molecule has 0 bridgehead atoms. The zero-order valence-corrected chi connectivity index (χ0v) is 9.54. The summed E-state index contributed by atoms with van der Waals surface area (Å²) in [6.45, 7) is 1.34. The van der Waals surface area contributed by atoms with E-state index in [1.807, 2.05) is 0 Å². The molecule has 1 heterocycles. The molecule has 1 aromatic rings. The Balaban J connectivity index is 2.41. The molecular weight excluding hydrogens is 236 g/mol. The lowest BCUT2D eigenvalue weighted by Gasteiger charge is -2.21. The van der Waals surface area contributed by atoms with E-state index in [-0.39, 0.29) is 16.7 Å². The molecule has 18 heavy (non-hydrogen) atoms. The van der Waals surface area contributed by atoms with Crippen molar-refractivity contribution < 1.29 is 24.2 Å². The second-order valence-electron chi connectivity index (χ2n) is 3.89. The van der Waals surface area contributed by atoms with Crippen LogP contribution in [0.15, 0.2) is 35.9 Å². The normalized spacial score (nSPS) is 19.2. The first kappa shape index (κ1) is 12.0. The molecule has 1 atom stereocenters. The number of carboxylic acids is 1. The summed E-state index contributed by atoms with van der Waals surface area (Å²) in [7, 11) is 0. The SMILES string of the molecule is CC(=CC1OC(=O)c2ccccc2C1=O)C(=O)O. The third-order valence-corrected chi connectivity index (χ3v) is 2.64. The molecule has 0 aliphatic carbocycles. The average Bonchev–Trinajstić information content (AvgIpc) is 2.35. The number of cyclic esters (lactones) is 1. The van der Waals surface area contributed by atoms with Crippen molar-refractivity contribution in [1.82, 2.24) is 0 Å². The number of ketones is 1. The monoisotopic (exact) mass is 246 g/mol. The molecule has 0 saturated heterocycles. The molecule has 1 aromatic carbocycles. The van der Waals surface area contributed by atoms with Crippen LogP contribution >= 0.6 is 0 Å². The molecule has 1 aliphatic rings. The van der Waals surface area contributed by atoms with E-state index in [4.69, 9.17) is 9.84 Å². The Bertz CT molecular complexity index is 570. The Kier molecular flexibility index (Phi) is 2.97. The van der Waals surface area contributed by atoms with E-state index in [2.05, 4.69) is 0 Å². The molecule has 92 valence electrons. The number of benzene rings is 1. The zero-order chi connectivity index (χ0) is 13.3. The molecule has 0 fully saturated rings. The molecule has 0 saturated carbocycles. The molecule has 2 rings (SSSR count). The van der Waals surface area contributed by atoms with Crippen LogP contribution in [-0.4, -0.2) is 28.9 Å². The van der Waals surface area contributed by atoms with Crippen LogP contribution in [0, 0.1) is 0 Å². The third kappa shape index (κ3) is 2.02. The first-order valence-corrected chi connectivity index (χ1v) is 5.26. The van der Waals surface area contributed by atoms with E-state index in [9.17, 15) is 14.4 Å². The van der Waals surface area contributed by atoms with Crippen LogP contribution < -0.4 is 0 Å². The summed E-state index contributed by atoms with van der Waals surface area (Å²) in [5.41, 5.74) is 0.425. The highest BCUT2D eigenvalue weighted by molar-refractivity contribution is 6.13. The van der Waals surface area contributed by atoms with E-state index in [0.717, 1.165) is 6.08 Å². The van der Waals surface area contributed by atoms with Crippen LogP contribution in [0.4, 0.5) is 0 Å². The number of Topliss-reactive ketones (excluding diaryl/α,β-unsaturated/α-hetero) is 1. The number of fused-ring (bicyclic) bond motifs is 1. The summed E-state index contributed by atoms with van der Waals surface area (Å²) in [5, 5.41) is 8.74. The summed E-state index contributed by atoms with van der Waals surface area (Å²) in [4.78, 5) is 34.3. The zero-order valence-electron chi connectivity index (χ0n) is 9.54. The second-order valence-corrected chi connectivity index (χ2v) is 3.89. The first-order valence-electron chi connectivity index (χ1n) is 5.26. The summed E-state index contributed by atoms with van der Waals surface area (Å²) in [6.07, 6.45) is -0.0260. The number of rotatable bonds is 2. The van der Waals surface area contributed by atoms with E-state index in [1.54, 1.807) is 12.1 Å². The minimum Gasteiger partial charge on any atom is -0.478 e. The minimum atomic E-state index is -1.16. The summed E-state index contributed by atoms with van der Waals surface area (Å²) in [5.74, 6) is -2.19. The summed E-state index contributed by atoms with van der Waals surface area (Å²) < 4.78 is 4.92. The molecule has 1 N–H and O–H groups in total. The topological polar surface area (TPSA) is 80.7 Å². The lowest BCUT2D eigenvalue weighted by molar-refractivity contribution is -0.132. The van der Waals surface area contributed by atoms with Crippen molar-refractivity contribution in [3.05, 3.63) is 47.0 Å². The third-order valence-electron chi connectivity index (χ3n) is 2.64. The van der Waals surface area contributed by atoms with Gasteiger partial charge >= 0.3 is 11.9 Å². The van der Waals surface area contributed by atoms with Crippen molar-refractivity contribution in [1.29, 1.82) is 0 Å².